The highest BCUT2D eigenvalue weighted by Gasteiger charge is 2.17. The van der Waals surface area contributed by atoms with Crippen molar-refractivity contribution >= 4 is 11.7 Å². The van der Waals surface area contributed by atoms with Gasteiger partial charge in [-0.2, -0.15) is 0 Å². The summed E-state index contributed by atoms with van der Waals surface area (Å²) in [6.45, 7) is 1.39. The number of aliphatic hydroxyl groups is 2. The second-order valence-electron chi connectivity index (χ2n) is 3.59. The first-order valence-corrected chi connectivity index (χ1v) is 5.57. The molecule has 0 heterocycles. The van der Waals surface area contributed by atoms with E-state index in [-0.39, 0.29) is 17.9 Å². The third-order valence-corrected chi connectivity index (χ3v) is 2.17. The van der Waals surface area contributed by atoms with E-state index in [1.165, 1.54) is 6.07 Å². The fourth-order valence-electron chi connectivity index (χ4n) is 1.32. The summed E-state index contributed by atoms with van der Waals surface area (Å²) < 4.78 is 10.1. The van der Waals surface area contributed by atoms with Gasteiger partial charge in [0.1, 0.15) is 18.3 Å². The number of carbonyl (C=O) groups excluding carboxylic acids is 1. The van der Waals surface area contributed by atoms with Gasteiger partial charge in [0.25, 0.3) is 0 Å². The van der Waals surface area contributed by atoms with Crippen LogP contribution in [0.5, 0.6) is 5.75 Å². The number of nitrogens with two attached hydrogens (primary N) is 1. The van der Waals surface area contributed by atoms with Crippen molar-refractivity contribution in [3.63, 3.8) is 0 Å². The van der Waals surface area contributed by atoms with Crippen LogP contribution in [0.25, 0.3) is 0 Å². The van der Waals surface area contributed by atoms with Gasteiger partial charge in [-0.1, -0.05) is 6.07 Å². The van der Waals surface area contributed by atoms with Crippen molar-refractivity contribution in [1.82, 2.24) is 0 Å². The van der Waals surface area contributed by atoms with E-state index in [1.54, 1.807) is 19.1 Å². The molecule has 1 rings (SSSR count). The van der Waals surface area contributed by atoms with Crippen LogP contribution in [0.15, 0.2) is 18.2 Å². The van der Waals surface area contributed by atoms with Crippen molar-refractivity contribution in [2.24, 2.45) is 0 Å². The Balaban J connectivity index is 2.81. The molecule has 1 unspecified atom stereocenters. The van der Waals surface area contributed by atoms with Gasteiger partial charge in [-0.15, -0.1) is 0 Å². The molecule has 0 aromatic heterocycles. The maximum Gasteiger partial charge on any atom is 0.342 e. The molecule has 0 amide bonds. The van der Waals surface area contributed by atoms with Crippen LogP contribution in [0.1, 0.15) is 17.3 Å². The van der Waals surface area contributed by atoms with Crippen LogP contribution in [0.3, 0.4) is 0 Å². The molecule has 18 heavy (non-hydrogen) atoms. The lowest BCUT2D eigenvalue weighted by Crippen LogP contribution is -2.22. The van der Waals surface area contributed by atoms with Crippen LogP contribution >= 0.6 is 0 Å². The lowest BCUT2D eigenvalue weighted by atomic mass is 10.1. The molecule has 0 saturated carbocycles. The molecule has 1 atom stereocenters. The van der Waals surface area contributed by atoms with E-state index in [1.807, 2.05) is 0 Å². The zero-order valence-electron chi connectivity index (χ0n) is 10.1. The third-order valence-electron chi connectivity index (χ3n) is 2.17. The number of para-hydroxylation sites is 1. The molecule has 0 radical (unpaired) electrons. The number of esters is 1. The number of carbonyl (C=O) groups is 1. The van der Waals surface area contributed by atoms with E-state index in [2.05, 4.69) is 0 Å². The number of aliphatic hydroxyl groups excluding tert-OH is 2. The topological polar surface area (TPSA) is 102 Å². The largest absolute Gasteiger partial charge is 0.491 e. The first-order chi connectivity index (χ1) is 8.60. The Morgan fingerprint density at radius 2 is 2.22 bits per heavy atom. The van der Waals surface area contributed by atoms with Crippen LogP contribution in [-0.4, -0.2) is 42.1 Å². The molecule has 0 aliphatic rings. The van der Waals surface area contributed by atoms with Crippen molar-refractivity contribution in [1.29, 1.82) is 0 Å². The van der Waals surface area contributed by atoms with E-state index in [9.17, 15) is 4.79 Å². The molecule has 1 aromatic rings. The third kappa shape index (κ3) is 3.61. The van der Waals surface area contributed by atoms with Gasteiger partial charge in [0.2, 0.25) is 0 Å². The van der Waals surface area contributed by atoms with Crippen molar-refractivity contribution < 1.29 is 24.5 Å². The Morgan fingerprint density at radius 1 is 1.50 bits per heavy atom. The smallest absolute Gasteiger partial charge is 0.342 e. The summed E-state index contributed by atoms with van der Waals surface area (Å²) in [5.41, 5.74) is 6.24. The molecule has 6 nitrogen and oxygen atoms in total. The predicted molar refractivity (Wildman–Crippen MR) is 65.4 cm³/mol. The minimum atomic E-state index is -1.09. The molecule has 0 fully saturated rings. The van der Waals surface area contributed by atoms with Crippen molar-refractivity contribution in [3.05, 3.63) is 23.8 Å². The number of benzene rings is 1. The predicted octanol–water partition coefficient (Wildman–Crippen LogP) is 0.178. The van der Waals surface area contributed by atoms with Gasteiger partial charge < -0.3 is 25.4 Å². The first-order valence-electron chi connectivity index (χ1n) is 5.57. The minimum absolute atomic E-state index is 0.196. The van der Waals surface area contributed by atoms with Crippen LogP contribution in [0.2, 0.25) is 0 Å². The lowest BCUT2D eigenvalue weighted by Gasteiger charge is -2.13. The maximum absolute atomic E-state index is 11.8. The number of ether oxygens (including phenoxy) is 2. The Hall–Kier alpha value is -1.79. The molecule has 0 bridgehead atoms. The first kappa shape index (κ1) is 14.3. The number of nitrogen functional groups attached to an aromatic ring is 1. The van der Waals surface area contributed by atoms with Crippen molar-refractivity contribution in [2.75, 3.05) is 25.6 Å². The summed E-state index contributed by atoms with van der Waals surface area (Å²) in [6.07, 6.45) is -1.09. The second-order valence-corrected chi connectivity index (χ2v) is 3.59. The molecule has 0 aliphatic carbocycles. The summed E-state index contributed by atoms with van der Waals surface area (Å²) in [4.78, 5) is 11.8. The van der Waals surface area contributed by atoms with Gasteiger partial charge in [0, 0.05) is 0 Å². The maximum atomic E-state index is 11.8. The van der Waals surface area contributed by atoms with Crippen molar-refractivity contribution in [2.45, 2.75) is 13.0 Å². The normalized spacial score (nSPS) is 11.9. The highest BCUT2D eigenvalue weighted by molar-refractivity contribution is 5.94. The molecule has 4 N–H and O–H groups in total. The Kier molecular flexibility index (Phi) is 5.41. The number of rotatable bonds is 6. The standard InChI is InChI=1S/C12H17NO5/c1-2-17-11-9(4-3-5-10(11)13)12(16)18-7-8(15)6-14/h3-5,8,14-15H,2,6-7,13H2,1H3. The quantitative estimate of drug-likeness (QED) is 0.495. The average molecular weight is 255 g/mol. The van der Waals surface area contributed by atoms with Gasteiger partial charge in [-0.3, -0.25) is 0 Å². The summed E-state index contributed by atoms with van der Waals surface area (Å²) in [6, 6.07) is 4.75. The van der Waals surface area contributed by atoms with E-state index in [0.29, 0.717) is 12.3 Å². The molecular formula is C12H17NO5. The zero-order valence-corrected chi connectivity index (χ0v) is 10.1. The van der Waals surface area contributed by atoms with Crippen LogP contribution in [0.4, 0.5) is 5.69 Å². The molecule has 0 aliphatic heterocycles. The van der Waals surface area contributed by atoms with Crippen molar-refractivity contribution in [3.8, 4) is 5.75 Å². The fourth-order valence-corrected chi connectivity index (χ4v) is 1.32. The minimum Gasteiger partial charge on any atom is -0.491 e. The molecule has 6 heteroatoms. The number of hydrogen-bond acceptors (Lipinski definition) is 6. The lowest BCUT2D eigenvalue weighted by molar-refractivity contribution is 0.00909. The fraction of sp³-hybridized carbons (Fsp3) is 0.417. The summed E-state index contributed by atoms with van der Waals surface area (Å²) in [5, 5.41) is 17.7. The zero-order chi connectivity index (χ0) is 13.5. The van der Waals surface area contributed by atoms with Crippen LogP contribution < -0.4 is 10.5 Å². The van der Waals surface area contributed by atoms with E-state index >= 15 is 0 Å². The van der Waals surface area contributed by atoms with Crippen LogP contribution in [0, 0.1) is 0 Å². The van der Waals surface area contributed by atoms with Gasteiger partial charge >= 0.3 is 5.97 Å². The highest BCUT2D eigenvalue weighted by atomic mass is 16.5. The van der Waals surface area contributed by atoms with Gasteiger partial charge in [-0.05, 0) is 19.1 Å². The molecule has 0 spiro atoms. The second kappa shape index (κ2) is 6.83. The molecular weight excluding hydrogens is 238 g/mol. The molecule has 100 valence electrons. The summed E-state index contributed by atoms with van der Waals surface area (Å²) in [7, 11) is 0. The number of hydrogen-bond donors (Lipinski definition) is 3. The van der Waals surface area contributed by atoms with E-state index in [4.69, 9.17) is 25.4 Å². The van der Waals surface area contributed by atoms with Gasteiger partial charge in [-0.25, -0.2) is 4.79 Å². The van der Waals surface area contributed by atoms with Gasteiger partial charge in [0.05, 0.1) is 18.9 Å². The summed E-state index contributed by atoms with van der Waals surface area (Å²) in [5.74, 6) is -0.387. The molecule has 0 saturated heterocycles. The van der Waals surface area contributed by atoms with E-state index in [0.717, 1.165) is 0 Å². The number of anilines is 1. The average Bonchev–Trinajstić information content (AvgIpc) is 2.38. The van der Waals surface area contributed by atoms with E-state index < -0.39 is 18.7 Å². The Bertz CT molecular complexity index is 407. The van der Waals surface area contributed by atoms with Gasteiger partial charge in [0.15, 0.2) is 5.75 Å². The Labute approximate surface area is 105 Å². The van der Waals surface area contributed by atoms with Crippen LogP contribution in [-0.2, 0) is 4.74 Å². The monoisotopic (exact) mass is 255 g/mol. The summed E-state index contributed by atoms with van der Waals surface area (Å²) >= 11 is 0. The Morgan fingerprint density at radius 3 is 2.83 bits per heavy atom. The SMILES string of the molecule is CCOc1c(N)cccc1C(=O)OCC(O)CO. The highest BCUT2D eigenvalue weighted by Crippen LogP contribution is 2.26. The molecule has 1 aromatic carbocycles.